The van der Waals surface area contributed by atoms with E-state index in [0.29, 0.717) is 22.5 Å². The zero-order valence-electron chi connectivity index (χ0n) is 11.0. The van der Waals surface area contributed by atoms with Crippen LogP contribution in [0, 0.1) is 0 Å². The van der Waals surface area contributed by atoms with Crippen molar-refractivity contribution in [3.8, 4) is 0 Å². The van der Waals surface area contributed by atoms with Gasteiger partial charge in [0.05, 0.1) is 17.1 Å². The number of anilines is 1. The highest BCUT2D eigenvalue weighted by molar-refractivity contribution is 5.95. The van der Waals surface area contributed by atoms with E-state index in [4.69, 9.17) is 4.74 Å². The Kier molecular flexibility index (Phi) is 3.50. The van der Waals surface area contributed by atoms with E-state index < -0.39 is 6.09 Å². The van der Waals surface area contributed by atoms with E-state index in [2.05, 4.69) is 15.3 Å². The molecular weight excluding hydrogens is 246 g/mol. The van der Waals surface area contributed by atoms with Crippen LogP contribution >= 0.6 is 0 Å². The van der Waals surface area contributed by atoms with Crippen molar-refractivity contribution in [2.24, 2.45) is 0 Å². The molecule has 100 valence electrons. The van der Waals surface area contributed by atoms with E-state index in [9.17, 15) is 9.59 Å². The van der Waals surface area contributed by atoms with E-state index in [1.165, 1.54) is 6.92 Å². The first-order valence-corrected chi connectivity index (χ1v) is 5.94. The monoisotopic (exact) mass is 261 g/mol. The topological polar surface area (TPSA) is 84.1 Å². The quantitative estimate of drug-likeness (QED) is 0.832. The largest absolute Gasteiger partial charge is 0.447 e. The minimum atomic E-state index is -0.513. The third kappa shape index (κ3) is 3.09. The van der Waals surface area contributed by atoms with Gasteiger partial charge in [-0.15, -0.1) is 0 Å². The van der Waals surface area contributed by atoms with Gasteiger partial charge in [-0.05, 0) is 32.0 Å². The predicted octanol–water partition coefficient (Wildman–Crippen LogP) is 2.72. The molecule has 0 spiro atoms. The molecule has 2 N–H and O–H groups in total. The molecule has 0 aliphatic heterocycles. The molecule has 0 atom stereocenters. The van der Waals surface area contributed by atoms with Crippen molar-refractivity contribution in [3.63, 3.8) is 0 Å². The van der Waals surface area contributed by atoms with Crippen molar-refractivity contribution in [1.82, 2.24) is 9.97 Å². The number of ether oxygens (including phenoxy) is 1. The van der Waals surface area contributed by atoms with Gasteiger partial charge in [-0.25, -0.2) is 9.78 Å². The van der Waals surface area contributed by atoms with E-state index >= 15 is 0 Å². The van der Waals surface area contributed by atoms with Gasteiger partial charge in [-0.1, -0.05) is 0 Å². The summed E-state index contributed by atoms with van der Waals surface area (Å²) < 4.78 is 4.98. The molecule has 0 unspecified atom stereocenters. The number of carbonyl (C=O) groups excluding carboxylic acids is 2. The summed E-state index contributed by atoms with van der Waals surface area (Å²) in [6.07, 6.45) is -0.694. The number of aromatic nitrogens is 2. The zero-order chi connectivity index (χ0) is 14.0. The zero-order valence-corrected chi connectivity index (χ0v) is 11.0. The average molecular weight is 261 g/mol. The number of hydrogen-bond acceptors (Lipinski definition) is 4. The number of aromatic amines is 1. The first-order valence-electron chi connectivity index (χ1n) is 5.94. The van der Waals surface area contributed by atoms with Gasteiger partial charge in [0.1, 0.15) is 0 Å². The average Bonchev–Trinajstić information content (AvgIpc) is 2.70. The Hall–Kier alpha value is -2.37. The van der Waals surface area contributed by atoms with E-state index in [0.717, 1.165) is 0 Å². The van der Waals surface area contributed by atoms with Crippen LogP contribution < -0.4 is 5.32 Å². The Balaban J connectivity index is 2.21. The molecule has 1 amide bonds. The van der Waals surface area contributed by atoms with Gasteiger partial charge in [-0.3, -0.25) is 10.1 Å². The van der Waals surface area contributed by atoms with Crippen LogP contribution in [0.4, 0.5) is 10.5 Å². The number of hydrogen-bond donors (Lipinski definition) is 2. The summed E-state index contributed by atoms with van der Waals surface area (Å²) in [7, 11) is 0. The molecule has 0 radical (unpaired) electrons. The molecule has 2 rings (SSSR count). The maximum atomic E-state index is 11.5. The van der Waals surface area contributed by atoms with Crippen LogP contribution in [0.1, 0.15) is 31.4 Å². The molecule has 0 fully saturated rings. The third-order valence-corrected chi connectivity index (χ3v) is 2.40. The van der Waals surface area contributed by atoms with Crippen LogP contribution in [0.25, 0.3) is 11.0 Å². The highest BCUT2D eigenvalue weighted by Gasteiger charge is 2.09. The van der Waals surface area contributed by atoms with Crippen LogP contribution in [-0.4, -0.2) is 27.9 Å². The Morgan fingerprint density at radius 1 is 1.37 bits per heavy atom. The van der Waals surface area contributed by atoms with Crippen molar-refractivity contribution in [2.75, 3.05) is 5.32 Å². The lowest BCUT2D eigenvalue weighted by atomic mass is 10.3. The molecule has 0 bridgehead atoms. The van der Waals surface area contributed by atoms with Crippen molar-refractivity contribution in [2.45, 2.75) is 26.9 Å². The lowest BCUT2D eigenvalue weighted by Crippen LogP contribution is -2.17. The Morgan fingerprint density at radius 2 is 2.11 bits per heavy atom. The Bertz CT molecular complexity index is 631. The minimum absolute atomic E-state index is 0.134. The summed E-state index contributed by atoms with van der Waals surface area (Å²) in [6, 6.07) is 5.13. The first kappa shape index (κ1) is 13.1. The fourth-order valence-corrected chi connectivity index (χ4v) is 1.62. The molecule has 0 aliphatic rings. The van der Waals surface area contributed by atoms with Crippen LogP contribution in [0.2, 0.25) is 0 Å². The van der Waals surface area contributed by atoms with Gasteiger partial charge in [0.15, 0.2) is 11.6 Å². The fraction of sp³-hybridized carbons (Fsp3) is 0.308. The molecule has 19 heavy (non-hydrogen) atoms. The van der Waals surface area contributed by atoms with E-state index in [1.807, 2.05) is 0 Å². The van der Waals surface area contributed by atoms with Gasteiger partial charge in [0.2, 0.25) is 0 Å². The van der Waals surface area contributed by atoms with Crippen molar-refractivity contribution >= 4 is 28.6 Å². The van der Waals surface area contributed by atoms with Crippen molar-refractivity contribution in [1.29, 1.82) is 0 Å². The molecule has 1 heterocycles. The summed E-state index contributed by atoms with van der Waals surface area (Å²) in [5, 5.41) is 2.61. The fourth-order valence-electron chi connectivity index (χ4n) is 1.62. The number of amides is 1. The molecule has 0 aliphatic carbocycles. The SMILES string of the molecule is CC(=O)c1nc2ccc(NC(=O)OC(C)C)cc2[nH]1. The first-order chi connectivity index (χ1) is 8.95. The molecule has 2 aromatic rings. The highest BCUT2D eigenvalue weighted by Crippen LogP contribution is 2.17. The van der Waals surface area contributed by atoms with Gasteiger partial charge in [0.25, 0.3) is 0 Å². The number of rotatable bonds is 3. The number of ketones is 1. The van der Waals surface area contributed by atoms with Gasteiger partial charge in [0, 0.05) is 12.6 Å². The minimum Gasteiger partial charge on any atom is -0.447 e. The van der Waals surface area contributed by atoms with Gasteiger partial charge >= 0.3 is 6.09 Å². The molecule has 6 heteroatoms. The van der Waals surface area contributed by atoms with Crippen molar-refractivity contribution < 1.29 is 14.3 Å². The number of nitrogens with zero attached hydrogens (tertiary/aromatic N) is 1. The molecule has 0 saturated carbocycles. The molecule has 1 aromatic carbocycles. The van der Waals surface area contributed by atoms with Crippen LogP contribution in [0.5, 0.6) is 0 Å². The highest BCUT2D eigenvalue weighted by atomic mass is 16.6. The number of imidazole rings is 1. The number of benzene rings is 1. The number of Topliss-reactive ketones (excluding diaryl/α,β-unsaturated/α-hetero) is 1. The van der Waals surface area contributed by atoms with E-state index in [-0.39, 0.29) is 11.9 Å². The summed E-state index contributed by atoms with van der Waals surface area (Å²) in [4.78, 5) is 29.7. The normalized spacial score (nSPS) is 10.7. The molecule has 1 aromatic heterocycles. The number of carbonyl (C=O) groups is 2. The number of fused-ring (bicyclic) bond motifs is 1. The molecule has 6 nitrogen and oxygen atoms in total. The Morgan fingerprint density at radius 3 is 2.74 bits per heavy atom. The molecule has 0 saturated heterocycles. The maximum absolute atomic E-state index is 11.5. The summed E-state index contributed by atoms with van der Waals surface area (Å²) in [5.74, 6) is 0.168. The standard InChI is InChI=1S/C13H15N3O3/c1-7(2)19-13(18)14-9-4-5-10-11(6-9)16-12(15-10)8(3)17/h4-7H,1-3H3,(H,14,18)(H,15,16). The number of H-pyrrole nitrogens is 1. The van der Waals surface area contributed by atoms with Crippen LogP contribution in [-0.2, 0) is 4.74 Å². The summed E-state index contributed by atoms with van der Waals surface area (Å²) >= 11 is 0. The van der Waals surface area contributed by atoms with Gasteiger partial charge < -0.3 is 9.72 Å². The number of nitrogens with one attached hydrogen (secondary N) is 2. The second kappa shape index (κ2) is 5.09. The lowest BCUT2D eigenvalue weighted by Gasteiger charge is -2.09. The van der Waals surface area contributed by atoms with E-state index in [1.54, 1.807) is 32.0 Å². The smallest absolute Gasteiger partial charge is 0.411 e. The molecular formula is C13H15N3O3. The summed E-state index contributed by atoms with van der Waals surface area (Å²) in [6.45, 7) is 4.99. The van der Waals surface area contributed by atoms with Crippen LogP contribution in [0.15, 0.2) is 18.2 Å². The second-order valence-electron chi connectivity index (χ2n) is 4.45. The maximum Gasteiger partial charge on any atom is 0.411 e. The lowest BCUT2D eigenvalue weighted by molar-refractivity contribution is 0.100. The van der Waals surface area contributed by atoms with Crippen molar-refractivity contribution in [3.05, 3.63) is 24.0 Å². The summed E-state index contributed by atoms with van der Waals surface area (Å²) in [5.41, 5.74) is 1.94. The van der Waals surface area contributed by atoms with Gasteiger partial charge in [-0.2, -0.15) is 0 Å². The Labute approximate surface area is 110 Å². The van der Waals surface area contributed by atoms with Crippen LogP contribution in [0.3, 0.4) is 0 Å². The third-order valence-electron chi connectivity index (χ3n) is 2.40. The predicted molar refractivity (Wildman–Crippen MR) is 71.3 cm³/mol. The second-order valence-corrected chi connectivity index (χ2v) is 4.45.